The van der Waals surface area contributed by atoms with Gasteiger partial charge in [-0.2, -0.15) is 0 Å². The Balaban J connectivity index is 2.74. The van der Waals surface area contributed by atoms with Crippen molar-refractivity contribution in [2.45, 2.75) is 58.3 Å². The molecule has 0 aliphatic rings. The molecule has 6 nitrogen and oxygen atoms in total. The Kier molecular flexibility index (Phi) is 9.95. The van der Waals surface area contributed by atoms with E-state index in [0.29, 0.717) is 24.4 Å². The second kappa shape index (κ2) is 11.7. The Morgan fingerprint density at radius 1 is 1.31 bits per heavy atom. The van der Waals surface area contributed by atoms with Crippen molar-refractivity contribution in [3.05, 3.63) is 41.9 Å². The van der Waals surface area contributed by atoms with E-state index < -0.39 is 24.1 Å². The van der Waals surface area contributed by atoms with E-state index in [1.54, 1.807) is 19.1 Å². The third kappa shape index (κ3) is 6.78. The number of hydrogen-bond acceptors (Lipinski definition) is 6. The molecule has 1 aromatic rings. The van der Waals surface area contributed by atoms with Crippen molar-refractivity contribution in [1.29, 1.82) is 0 Å². The van der Waals surface area contributed by atoms with Crippen LogP contribution in [0.1, 0.15) is 51.1 Å². The predicted molar refractivity (Wildman–Crippen MR) is 99.1 cm³/mol. The monoisotopic (exact) mass is 366 g/mol. The van der Waals surface area contributed by atoms with Gasteiger partial charge in [0.05, 0.1) is 12.7 Å². The molecule has 3 atom stereocenters. The van der Waals surface area contributed by atoms with E-state index in [1.807, 2.05) is 6.08 Å². The lowest BCUT2D eigenvalue weighted by molar-refractivity contribution is -0.157. The molecule has 6 heteroatoms. The molecule has 0 amide bonds. The zero-order valence-electron chi connectivity index (χ0n) is 15.6. The maximum Gasteiger partial charge on any atom is 0.335 e. The van der Waals surface area contributed by atoms with Gasteiger partial charge < -0.3 is 24.5 Å². The fourth-order valence-corrected chi connectivity index (χ4v) is 2.76. The molecule has 0 fully saturated rings. The smallest absolute Gasteiger partial charge is 0.335 e. The average molecular weight is 366 g/mol. The first-order valence-corrected chi connectivity index (χ1v) is 9.01. The van der Waals surface area contributed by atoms with E-state index in [4.69, 9.17) is 14.3 Å². The third-order valence-electron chi connectivity index (χ3n) is 4.13. The Bertz CT molecular complexity index is 589. The molecule has 1 heterocycles. The van der Waals surface area contributed by atoms with Crippen molar-refractivity contribution < 1.29 is 29.3 Å². The maximum atomic E-state index is 11.7. The van der Waals surface area contributed by atoms with E-state index in [0.717, 1.165) is 18.4 Å². The van der Waals surface area contributed by atoms with Crippen LogP contribution >= 0.6 is 0 Å². The van der Waals surface area contributed by atoms with Crippen molar-refractivity contribution in [3.8, 4) is 0 Å². The Hall–Kier alpha value is -1.89. The molecule has 3 N–H and O–H groups in total. The number of rotatable bonds is 12. The van der Waals surface area contributed by atoms with Crippen molar-refractivity contribution in [2.24, 2.45) is 5.92 Å². The van der Waals surface area contributed by atoms with Crippen LogP contribution in [0.15, 0.2) is 34.8 Å². The molecule has 0 aliphatic carbocycles. The lowest BCUT2D eigenvalue weighted by atomic mass is 9.90. The summed E-state index contributed by atoms with van der Waals surface area (Å²) < 4.78 is 10.3. The topological polar surface area (TPSA) is 100 Å². The first-order valence-electron chi connectivity index (χ1n) is 9.01. The lowest BCUT2D eigenvalue weighted by Gasteiger charge is -2.23. The molecular weight excluding hydrogens is 336 g/mol. The summed E-state index contributed by atoms with van der Waals surface area (Å²) in [5.41, 5.74) is 1.08. The summed E-state index contributed by atoms with van der Waals surface area (Å²) in [6, 6.07) is 3.50. The minimum absolute atomic E-state index is 0.150. The molecule has 0 unspecified atom stereocenters. The third-order valence-corrected chi connectivity index (χ3v) is 4.13. The van der Waals surface area contributed by atoms with Crippen LogP contribution in [-0.4, -0.2) is 40.1 Å². The Morgan fingerprint density at radius 3 is 2.58 bits per heavy atom. The SMILES string of the molecule is C=C[C@H]([C@H](O)CC/C(=C/c1ccc(CO)o1)CCC)[C@H](O)C(=O)OCC. The summed E-state index contributed by atoms with van der Waals surface area (Å²) in [4.78, 5) is 11.7. The largest absolute Gasteiger partial charge is 0.464 e. The van der Waals surface area contributed by atoms with Gasteiger partial charge in [0, 0.05) is 5.92 Å². The molecule has 1 rings (SSSR count). The van der Waals surface area contributed by atoms with Gasteiger partial charge in [-0.1, -0.05) is 25.0 Å². The molecule has 0 spiro atoms. The van der Waals surface area contributed by atoms with Gasteiger partial charge in [-0.3, -0.25) is 0 Å². The standard InChI is InChI=1S/C20H30O6/c1-4-7-14(12-15-9-10-16(13-21)26-15)8-11-18(22)17(5-2)19(23)20(24)25-6-3/h5,9-10,12,17-19,21-23H,2,4,6-8,11,13H2,1,3H3/b14-12+/t17-,18-,19+/m1/s1. The quantitative estimate of drug-likeness (QED) is 0.388. The molecule has 1 aromatic heterocycles. The van der Waals surface area contributed by atoms with E-state index in [1.165, 1.54) is 6.08 Å². The number of allylic oxidation sites excluding steroid dienone is 1. The molecule has 0 radical (unpaired) electrons. The molecular formula is C20H30O6. The number of carbonyl (C=O) groups excluding carboxylic acids is 1. The van der Waals surface area contributed by atoms with Gasteiger partial charge in [0.2, 0.25) is 0 Å². The van der Waals surface area contributed by atoms with Crippen LogP contribution in [-0.2, 0) is 16.1 Å². The van der Waals surface area contributed by atoms with E-state index >= 15 is 0 Å². The van der Waals surface area contributed by atoms with E-state index in [-0.39, 0.29) is 13.2 Å². The highest BCUT2D eigenvalue weighted by atomic mass is 16.5. The van der Waals surface area contributed by atoms with Crippen LogP contribution in [0, 0.1) is 5.92 Å². The summed E-state index contributed by atoms with van der Waals surface area (Å²) in [5.74, 6) is -0.398. The van der Waals surface area contributed by atoms with Crippen LogP contribution in [0.5, 0.6) is 0 Å². The minimum atomic E-state index is -1.43. The number of furan rings is 1. The van der Waals surface area contributed by atoms with Gasteiger partial charge in [0.25, 0.3) is 0 Å². The van der Waals surface area contributed by atoms with E-state index in [9.17, 15) is 15.0 Å². The van der Waals surface area contributed by atoms with Crippen LogP contribution in [0.25, 0.3) is 6.08 Å². The van der Waals surface area contributed by atoms with Gasteiger partial charge in [-0.25, -0.2) is 4.79 Å². The summed E-state index contributed by atoms with van der Waals surface area (Å²) in [6.07, 6.45) is 3.66. The Morgan fingerprint density at radius 2 is 2.04 bits per heavy atom. The highest BCUT2D eigenvalue weighted by Crippen LogP contribution is 2.23. The summed E-state index contributed by atoms with van der Waals surface area (Å²) >= 11 is 0. The first-order chi connectivity index (χ1) is 12.5. The van der Waals surface area contributed by atoms with Crippen LogP contribution in [0.2, 0.25) is 0 Å². The van der Waals surface area contributed by atoms with Gasteiger partial charge >= 0.3 is 5.97 Å². The van der Waals surface area contributed by atoms with Crippen LogP contribution < -0.4 is 0 Å². The Labute approximate surface area is 154 Å². The predicted octanol–water partition coefficient (Wildman–Crippen LogP) is 2.82. The second-order valence-corrected chi connectivity index (χ2v) is 6.13. The molecule has 0 aromatic carbocycles. The average Bonchev–Trinajstić information content (AvgIpc) is 3.08. The first kappa shape index (κ1) is 22.2. The van der Waals surface area contributed by atoms with Gasteiger partial charge in [-0.15, -0.1) is 6.58 Å². The molecule has 0 aliphatic heterocycles. The fourth-order valence-electron chi connectivity index (χ4n) is 2.76. The number of carbonyl (C=O) groups is 1. The number of aliphatic hydroxyl groups is 3. The van der Waals surface area contributed by atoms with Gasteiger partial charge in [0.15, 0.2) is 6.10 Å². The molecule has 0 saturated carbocycles. The van der Waals surface area contributed by atoms with Crippen LogP contribution in [0.3, 0.4) is 0 Å². The van der Waals surface area contributed by atoms with E-state index in [2.05, 4.69) is 13.5 Å². The van der Waals surface area contributed by atoms with Crippen molar-refractivity contribution in [3.63, 3.8) is 0 Å². The molecule has 26 heavy (non-hydrogen) atoms. The summed E-state index contributed by atoms with van der Waals surface area (Å²) in [6.45, 7) is 7.34. The number of ether oxygens (including phenoxy) is 1. The number of hydrogen-bond donors (Lipinski definition) is 3. The fraction of sp³-hybridized carbons (Fsp3) is 0.550. The van der Waals surface area contributed by atoms with Gasteiger partial charge in [0.1, 0.15) is 18.1 Å². The summed E-state index contributed by atoms with van der Waals surface area (Å²) in [7, 11) is 0. The molecule has 146 valence electrons. The summed E-state index contributed by atoms with van der Waals surface area (Å²) in [5, 5.41) is 29.5. The van der Waals surface area contributed by atoms with Crippen molar-refractivity contribution in [1.82, 2.24) is 0 Å². The second-order valence-electron chi connectivity index (χ2n) is 6.13. The molecule has 0 saturated heterocycles. The maximum absolute atomic E-state index is 11.7. The number of aliphatic hydroxyl groups excluding tert-OH is 3. The van der Waals surface area contributed by atoms with Crippen molar-refractivity contribution in [2.75, 3.05) is 6.61 Å². The lowest BCUT2D eigenvalue weighted by Crippen LogP contribution is -2.37. The highest BCUT2D eigenvalue weighted by molar-refractivity contribution is 5.75. The molecule has 0 bridgehead atoms. The van der Waals surface area contributed by atoms with Gasteiger partial charge in [-0.05, 0) is 44.4 Å². The van der Waals surface area contributed by atoms with Crippen LogP contribution in [0.4, 0.5) is 0 Å². The normalized spacial score (nSPS) is 15.3. The zero-order valence-corrected chi connectivity index (χ0v) is 15.6. The highest BCUT2D eigenvalue weighted by Gasteiger charge is 2.30. The zero-order chi connectivity index (χ0) is 19.5. The number of esters is 1. The minimum Gasteiger partial charge on any atom is -0.464 e. The van der Waals surface area contributed by atoms with Crippen molar-refractivity contribution >= 4 is 12.0 Å².